The molecule has 4 nitrogen and oxygen atoms in total. The Morgan fingerprint density at radius 3 is 3.00 bits per heavy atom. The van der Waals surface area contributed by atoms with Crippen molar-refractivity contribution in [1.82, 2.24) is 9.55 Å². The lowest BCUT2D eigenvalue weighted by atomic mass is 10.3. The number of aryl methyl sites for hydroxylation is 1. The predicted octanol–water partition coefficient (Wildman–Crippen LogP) is 0.806. The second-order valence-corrected chi connectivity index (χ2v) is 3.65. The Morgan fingerprint density at radius 1 is 1.69 bits per heavy atom. The molecule has 1 saturated carbocycles. The van der Waals surface area contributed by atoms with Gasteiger partial charge in [-0.1, -0.05) is 0 Å². The van der Waals surface area contributed by atoms with Crippen LogP contribution in [0.3, 0.4) is 0 Å². The maximum atomic E-state index is 5.68. The van der Waals surface area contributed by atoms with Crippen LogP contribution in [0.25, 0.3) is 0 Å². The van der Waals surface area contributed by atoms with Crippen molar-refractivity contribution in [2.45, 2.75) is 31.8 Å². The minimum Gasteiger partial charge on any atom is -0.349 e. The molecule has 0 bridgehead atoms. The van der Waals surface area contributed by atoms with Gasteiger partial charge in [-0.2, -0.15) is 0 Å². The minimum absolute atomic E-state index is 0.151. The first-order valence-electron chi connectivity index (χ1n) is 4.79. The van der Waals surface area contributed by atoms with E-state index in [-0.39, 0.29) is 5.54 Å². The van der Waals surface area contributed by atoms with Crippen molar-refractivity contribution in [2.75, 3.05) is 11.9 Å². The molecule has 13 heavy (non-hydrogen) atoms. The standard InChI is InChI=1S/C9H16N4/c1-2-13-6-5-11-8(13)12-9(7-10)3-4-9/h5-6H,2-4,7,10H2,1H3,(H,11,12). The molecular weight excluding hydrogens is 164 g/mol. The number of hydrogen-bond acceptors (Lipinski definition) is 3. The van der Waals surface area contributed by atoms with Crippen LogP contribution in [0.15, 0.2) is 12.4 Å². The van der Waals surface area contributed by atoms with E-state index in [0.717, 1.165) is 12.5 Å². The summed E-state index contributed by atoms with van der Waals surface area (Å²) in [5.74, 6) is 0.949. The summed E-state index contributed by atoms with van der Waals surface area (Å²) in [5.41, 5.74) is 5.83. The summed E-state index contributed by atoms with van der Waals surface area (Å²) in [5, 5.41) is 3.41. The Hall–Kier alpha value is -1.03. The number of aromatic nitrogens is 2. The molecule has 1 aliphatic carbocycles. The van der Waals surface area contributed by atoms with Gasteiger partial charge in [-0.3, -0.25) is 0 Å². The van der Waals surface area contributed by atoms with E-state index in [4.69, 9.17) is 5.73 Å². The van der Waals surface area contributed by atoms with Crippen molar-refractivity contribution in [3.05, 3.63) is 12.4 Å². The fourth-order valence-electron chi connectivity index (χ4n) is 1.46. The second kappa shape index (κ2) is 3.03. The molecule has 0 aliphatic heterocycles. The highest BCUT2D eigenvalue weighted by molar-refractivity contribution is 5.35. The highest BCUT2D eigenvalue weighted by Gasteiger charge is 2.41. The molecule has 2 rings (SSSR count). The molecule has 1 fully saturated rings. The molecule has 3 N–H and O–H groups in total. The first-order chi connectivity index (χ1) is 6.29. The van der Waals surface area contributed by atoms with E-state index >= 15 is 0 Å². The molecule has 1 aliphatic rings. The van der Waals surface area contributed by atoms with Crippen LogP contribution in [-0.2, 0) is 6.54 Å². The number of rotatable bonds is 4. The van der Waals surface area contributed by atoms with E-state index in [9.17, 15) is 0 Å². The van der Waals surface area contributed by atoms with Crippen molar-refractivity contribution in [1.29, 1.82) is 0 Å². The van der Waals surface area contributed by atoms with Gasteiger partial charge in [-0.05, 0) is 19.8 Å². The number of hydrogen-bond donors (Lipinski definition) is 2. The second-order valence-electron chi connectivity index (χ2n) is 3.65. The minimum atomic E-state index is 0.151. The van der Waals surface area contributed by atoms with Crippen LogP contribution >= 0.6 is 0 Å². The summed E-state index contributed by atoms with van der Waals surface area (Å²) >= 11 is 0. The summed E-state index contributed by atoms with van der Waals surface area (Å²) in [6, 6.07) is 0. The van der Waals surface area contributed by atoms with Gasteiger partial charge in [0.15, 0.2) is 0 Å². The van der Waals surface area contributed by atoms with Gasteiger partial charge in [-0.15, -0.1) is 0 Å². The van der Waals surface area contributed by atoms with Crippen LogP contribution in [0.4, 0.5) is 5.95 Å². The van der Waals surface area contributed by atoms with Crippen LogP contribution in [-0.4, -0.2) is 21.6 Å². The van der Waals surface area contributed by atoms with Crippen LogP contribution in [0.1, 0.15) is 19.8 Å². The average Bonchev–Trinajstić information content (AvgIpc) is 2.78. The molecular formula is C9H16N4. The molecule has 1 heterocycles. The predicted molar refractivity (Wildman–Crippen MR) is 52.5 cm³/mol. The first kappa shape index (κ1) is 8.56. The Bertz CT molecular complexity index is 288. The molecule has 0 saturated heterocycles. The first-order valence-corrected chi connectivity index (χ1v) is 4.79. The number of anilines is 1. The zero-order chi connectivity index (χ0) is 9.31. The topological polar surface area (TPSA) is 55.9 Å². The number of nitrogens with one attached hydrogen (secondary N) is 1. The van der Waals surface area contributed by atoms with Crippen molar-refractivity contribution < 1.29 is 0 Å². The van der Waals surface area contributed by atoms with Gasteiger partial charge in [0, 0.05) is 25.5 Å². The Labute approximate surface area is 78.1 Å². The third-order valence-electron chi connectivity index (χ3n) is 2.68. The van der Waals surface area contributed by atoms with Crippen LogP contribution in [0.5, 0.6) is 0 Å². The maximum absolute atomic E-state index is 5.68. The molecule has 1 aromatic heterocycles. The largest absolute Gasteiger partial charge is 0.349 e. The van der Waals surface area contributed by atoms with Crippen LogP contribution in [0.2, 0.25) is 0 Å². The van der Waals surface area contributed by atoms with E-state index in [1.807, 2.05) is 12.4 Å². The Kier molecular flexibility index (Phi) is 2.00. The van der Waals surface area contributed by atoms with Crippen molar-refractivity contribution in [3.63, 3.8) is 0 Å². The SMILES string of the molecule is CCn1ccnc1NC1(CN)CC1. The molecule has 1 aromatic rings. The van der Waals surface area contributed by atoms with E-state index in [1.54, 1.807) is 0 Å². The van der Waals surface area contributed by atoms with Gasteiger partial charge in [0.05, 0.1) is 5.54 Å². The lowest BCUT2D eigenvalue weighted by Gasteiger charge is -2.16. The van der Waals surface area contributed by atoms with Gasteiger partial charge >= 0.3 is 0 Å². The van der Waals surface area contributed by atoms with E-state index < -0.39 is 0 Å². The molecule has 0 spiro atoms. The number of nitrogens with zero attached hydrogens (tertiary/aromatic N) is 2. The highest BCUT2D eigenvalue weighted by atomic mass is 15.2. The zero-order valence-corrected chi connectivity index (χ0v) is 7.95. The Balaban J connectivity index is 2.09. The molecule has 0 atom stereocenters. The summed E-state index contributed by atoms with van der Waals surface area (Å²) in [6.07, 6.45) is 6.13. The molecule has 0 aromatic carbocycles. The highest BCUT2D eigenvalue weighted by Crippen LogP contribution is 2.37. The van der Waals surface area contributed by atoms with Crippen molar-refractivity contribution in [2.24, 2.45) is 5.73 Å². The van der Waals surface area contributed by atoms with Crippen LogP contribution in [0, 0.1) is 0 Å². The lowest BCUT2D eigenvalue weighted by Crippen LogP contribution is -2.32. The molecule has 72 valence electrons. The third kappa shape index (κ3) is 1.54. The van der Waals surface area contributed by atoms with Crippen molar-refractivity contribution >= 4 is 5.95 Å². The van der Waals surface area contributed by atoms with E-state index in [0.29, 0.717) is 6.54 Å². The average molecular weight is 180 g/mol. The van der Waals surface area contributed by atoms with Crippen molar-refractivity contribution in [3.8, 4) is 0 Å². The quantitative estimate of drug-likeness (QED) is 0.720. The third-order valence-corrected chi connectivity index (χ3v) is 2.68. The van der Waals surface area contributed by atoms with E-state index in [1.165, 1.54) is 12.8 Å². The number of nitrogens with two attached hydrogens (primary N) is 1. The van der Waals surface area contributed by atoms with Gasteiger partial charge in [-0.25, -0.2) is 4.98 Å². The zero-order valence-electron chi connectivity index (χ0n) is 7.95. The lowest BCUT2D eigenvalue weighted by molar-refractivity contribution is 0.696. The fraction of sp³-hybridized carbons (Fsp3) is 0.667. The number of imidazole rings is 1. The molecule has 0 unspecified atom stereocenters. The normalized spacial score (nSPS) is 18.6. The fourth-order valence-corrected chi connectivity index (χ4v) is 1.46. The van der Waals surface area contributed by atoms with Gasteiger partial charge in [0.2, 0.25) is 5.95 Å². The van der Waals surface area contributed by atoms with Gasteiger partial charge in [0.1, 0.15) is 0 Å². The molecule has 0 amide bonds. The summed E-state index contributed by atoms with van der Waals surface area (Å²) in [7, 11) is 0. The van der Waals surface area contributed by atoms with Gasteiger partial charge < -0.3 is 15.6 Å². The van der Waals surface area contributed by atoms with Crippen LogP contribution < -0.4 is 11.1 Å². The monoisotopic (exact) mass is 180 g/mol. The maximum Gasteiger partial charge on any atom is 0.203 e. The molecule has 4 heteroatoms. The Morgan fingerprint density at radius 2 is 2.46 bits per heavy atom. The summed E-state index contributed by atoms with van der Waals surface area (Å²) in [6.45, 7) is 3.75. The van der Waals surface area contributed by atoms with Gasteiger partial charge in [0.25, 0.3) is 0 Å². The molecule has 0 radical (unpaired) electrons. The summed E-state index contributed by atoms with van der Waals surface area (Å²) < 4.78 is 2.09. The van der Waals surface area contributed by atoms with E-state index in [2.05, 4.69) is 21.8 Å². The summed E-state index contributed by atoms with van der Waals surface area (Å²) in [4.78, 5) is 4.26. The smallest absolute Gasteiger partial charge is 0.203 e.